The highest BCUT2D eigenvalue weighted by molar-refractivity contribution is 5.60. The van der Waals surface area contributed by atoms with Gasteiger partial charge in [-0.25, -0.2) is 15.0 Å². The first-order valence-corrected chi connectivity index (χ1v) is 8.21. The van der Waals surface area contributed by atoms with Crippen LogP contribution in [0.1, 0.15) is 23.7 Å². The van der Waals surface area contributed by atoms with Gasteiger partial charge in [-0.2, -0.15) is 0 Å². The third kappa shape index (κ3) is 3.80. The number of hydrogen-bond acceptors (Lipinski definition) is 7. The third-order valence-electron chi connectivity index (χ3n) is 3.96. The number of ether oxygens (including phenoxy) is 2. The summed E-state index contributed by atoms with van der Waals surface area (Å²) in [6.07, 6.45) is 4.03. The van der Waals surface area contributed by atoms with Gasteiger partial charge in [-0.1, -0.05) is 18.8 Å². The molecule has 3 heterocycles. The van der Waals surface area contributed by atoms with E-state index in [1.807, 2.05) is 0 Å². The van der Waals surface area contributed by atoms with Crippen molar-refractivity contribution in [2.24, 2.45) is 0 Å². The van der Waals surface area contributed by atoms with Gasteiger partial charge in [0.15, 0.2) is 0 Å². The summed E-state index contributed by atoms with van der Waals surface area (Å²) < 4.78 is 10.5. The predicted octanol–water partition coefficient (Wildman–Crippen LogP) is 1.26. The van der Waals surface area contributed by atoms with Crippen molar-refractivity contribution in [3.8, 4) is 17.7 Å². The maximum absolute atomic E-state index is 5.90. The van der Waals surface area contributed by atoms with Crippen molar-refractivity contribution >= 4 is 11.5 Å². The van der Waals surface area contributed by atoms with Gasteiger partial charge >= 0.3 is 0 Å². The average Bonchev–Trinajstić information content (AvgIpc) is 2.67. The number of nitrogen functional groups attached to an aromatic ring is 1. The smallest absolute Gasteiger partial charge is 0.236 e. The van der Waals surface area contributed by atoms with Crippen LogP contribution in [-0.2, 0) is 11.2 Å². The Bertz CT molecular complexity index is 807. The topological polar surface area (TPSA) is 86.4 Å². The van der Waals surface area contributed by atoms with Crippen LogP contribution in [0.4, 0.5) is 11.5 Å². The number of methoxy groups -OCH3 is 1. The van der Waals surface area contributed by atoms with Crippen molar-refractivity contribution in [1.29, 1.82) is 0 Å². The number of nitrogens with two attached hydrogens (primary N) is 1. The minimum absolute atomic E-state index is 0.400. The molecule has 1 aliphatic rings. The van der Waals surface area contributed by atoms with E-state index in [-0.39, 0.29) is 0 Å². The van der Waals surface area contributed by atoms with E-state index >= 15 is 0 Å². The fourth-order valence-electron chi connectivity index (χ4n) is 2.67. The van der Waals surface area contributed by atoms with Crippen LogP contribution >= 0.6 is 0 Å². The molecule has 1 fully saturated rings. The number of hydrogen-bond donors (Lipinski definition) is 1. The molecule has 0 amide bonds. The zero-order valence-corrected chi connectivity index (χ0v) is 14.5. The Morgan fingerprint density at radius 3 is 2.72 bits per heavy atom. The molecular formula is C18H21N5O2. The van der Waals surface area contributed by atoms with Crippen molar-refractivity contribution in [2.45, 2.75) is 13.3 Å². The normalized spacial score (nSPS) is 13.9. The fraction of sp³-hybridized carbons (Fsp3) is 0.389. The van der Waals surface area contributed by atoms with Crippen LogP contribution in [-0.4, -0.2) is 48.4 Å². The second-order valence-electron chi connectivity index (χ2n) is 5.54. The van der Waals surface area contributed by atoms with Crippen LogP contribution in [0.25, 0.3) is 0 Å². The van der Waals surface area contributed by atoms with E-state index in [9.17, 15) is 0 Å². The van der Waals surface area contributed by atoms with Gasteiger partial charge in [-0.3, -0.25) is 0 Å². The second kappa shape index (κ2) is 7.81. The summed E-state index contributed by atoms with van der Waals surface area (Å²) in [5, 5.41) is 0. The molecule has 1 aliphatic heterocycles. The Morgan fingerprint density at radius 1 is 1.24 bits per heavy atom. The van der Waals surface area contributed by atoms with Gasteiger partial charge in [-0.05, 0) is 12.5 Å². The fourth-order valence-corrected chi connectivity index (χ4v) is 2.67. The van der Waals surface area contributed by atoms with Gasteiger partial charge in [0, 0.05) is 24.8 Å². The SMILES string of the molecule is CCc1ncnc(N2CCOCC2)c1C#Cc1cnc(OC)c(N)c1. The van der Waals surface area contributed by atoms with Crippen LogP contribution in [0.2, 0.25) is 0 Å². The number of aromatic nitrogens is 3. The molecule has 130 valence electrons. The summed E-state index contributed by atoms with van der Waals surface area (Å²) in [6.45, 7) is 5.04. The lowest BCUT2D eigenvalue weighted by Gasteiger charge is -2.28. The molecule has 7 heteroatoms. The molecule has 0 saturated carbocycles. The molecule has 0 unspecified atom stereocenters. The highest BCUT2D eigenvalue weighted by atomic mass is 16.5. The van der Waals surface area contributed by atoms with Crippen LogP contribution < -0.4 is 15.4 Å². The molecule has 2 aromatic rings. The first-order chi connectivity index (χ1) is 12.2. The van der Waals surface area contributed by atoms with Crippen molar-refractivity contribution in [3.63, 3.8) is 0 Å². The van der Waals surface area contributed by atoms with Crippen LogP contribution in [0.3, 0.4) is 0 Å². The van der Waals surface area contributed by atoms with Gasteiger partial charge in [0.1, 0.15) is 12.1 Å². The molecule has 7 nitrogen and oxygen atoms in total. The van der Waals surface area contributed by atoms with Crippen molar-refractivity contribution < 1.29 is 9.47 Å². The molecule has 1 saturated heterocycles. The minimum Gasteiger partial charge on any atom is -0.480 e. The molecule has 0 atom stereocenters. The summed E-state index contributed by atoms with van der Waals surface area (Å²) in [7, 11) is 1.54. The standard InChI is InChI=1S/C18H21N5O2/c1-3-16-14(5-4-13-10-15(19)18(24-2)20-11-13)17(22-12-21-16)23-6-8-25-9-7-23/h10-12H,3,6-9,19H2,1-2H3. The molecule has 0 aliphatic carbocycles. The van der Waals surface area contributed by atoms with E-state index < -0.39 is 0 Å². The van der Waals surface area contributed by atoms with E-state index in [4.69, 9.17) is 15.2 Å². The number of nitrogens with zero attached hydrogens (tertiary/aromatic N) is 4. The summed E-state index contributed by atoms with van der Waals surface area (Å²) in [4.78, 5) is 15.2. The number of rotatable bonds is 3. The Kier molecular flexibility index (Phi) is 5.31. The minimum atomic E-state index is 0.400. The maximum Gasteiger partial charge on any atom is 0.236 e. The third-order valence-corrected chi connectivity index (χ3v) is 3.96. The molecule has 0 radical (unpaired) electrons. The predicted molar refractivity (Wildman–Crippen MR) is 95.6 cm³/mol. The van der Waals surface area contributed by atoms with E-state index in [1.165, 1.54) is 7.11 Å². The van der Waals surface area contributed by atoms with Gasteiger partial charge in [0.25, 0.3) is 0 Å². The lowest BCUT2D eigenvalue weighted by Crippen LogP contribution is -2.37. The van der Waals surface area contributed by atoms with Crippen molar-refractivity contribution in [1.82, 2.24) is 15.0 Å². The highest BCUT2D eigenvalue weighted by Crippen LogP contribution is 2.21. The number of aryl methyl sites for hydroxylation is 1. The molecule has 2 aromatic heterocycles. The van der Waals surface area contributed by atoms with Crippen molar-refractivity contribution in [3.05, 3.63) is 35.4 Å². The summed E-state index contributed by atoms with van der Waals surface area (Å²) in [6, 6.07) is 1.75. The van der Waals surface area contributed by atoms with Gasteiger partial charge in [0.2, 0.25) is 5.88 Å². The summed E-state index contributed by atoms with van der Waals surface area (Å²) >= 11 is 0. The average molecular weight is 339 g/mol. The molecular weight excluding hydrogens is 318 g/mol. The quantitative estimate of drug-likeness (QED) is 0.843. The van der Waals surface area contributed by atoms with Gasteiger partial charge in [0.05, 0.1) is 37.3 Å². The first kappa shape index (κ1) is 17.0. The van der Waals surface area contributed by atoms with Crippen LogP contribution in [0.5, 0.6) is 5.88 Å². The first-order valence-electron chi connectivity index (χ1n) is 8.21. The van der Waals surface area contributed by atoms with Gasteiger partial charge in [-0.15, -0.1) is 0 Å². The van der Waals surface area contributed by atoms with Crippen LogP contribution in [0, 0.1) is 11.8 Å². The molecule has 0 bridgehead atoms. The summed E-state index contributed by atoms with van der Waals surface area (Å²) in [5.41, 5.74) is 8.86. The Morgan fingerprint density at radius 2 is 2.04 bits per heavy atom. The molecule has 0 aromatic carbocycles. The van der Waals surface area contributed by atoms with E-state index in [1.54, 1.807) is 18.6 Å². The van der Waals surface area contributed by atoms with Gasteiger partial charge < -0.3 is 20.1 Å². The Balaban J connectivity index is 1.97. The van der Waals surface area contributed by atoms with Crippen molar-refractivity contribution in [2.75, 3.05) is 44.0 Å². The largest absolute Gasteiger partial charge is 0.480 e. The Hall–Kier alpha value is -2.85. The molecule has 25 heavy (non-hydrogen) atoms. The zero-order valence-electron chi connectivity index (χ0n) is 14.5. The molecule has 2 N–H and O–H groups in total. The lowest BCUT2D eigenvalue weighted by atomic mass is 10.1. The lowest BCUT2D eigenvalue weighted by molar-refractivity contribution is 0.122. The van der Waals surface area contributed by atoms with E-state index in [0.717, 1.165) is 42.1 Å². The number of pyridine rings is 1. The second-order valence-corrected chi connectivity index (χ2v) is 5.54. The monoisotopic (exact) mass is 339 g/mol. The zero-order chi connectivity index (χ0) is 17.6. The van der Waals surface area contributed by atoms with Crippen LogP contribution in [0.15, 0.2) is 18.6 Å². The van der Waals surface area contributed by atoms with E-state index in [2.05, 4.69) is 38.6 Å². The maximum atomic E-state index is 5.90. The Labute approximate surface area is 147 Å². The number of morpholine rings is 1. The van der Waals surface area contributed by atoms with E-state index in [0.29, 0.717) is 24.8 Å². The number of anilines is 2. The highest BCUT2D eigenvalue weighted by Gasteiger charge is 2.17. The summed E-state index contributed by atoms with van der Waals surface area (Å²) in [5.74, 6) is 7.60. The molecule has 0 spiro atoms. The molecule has 3 rings (SSSR count).